The van der Waals surface area contributed by atoms with E-state index in [-0.39, 0.29) is 5.54 Å². The fourth-order valence-corrected chi connectivity index (χ4v) is 3.05. The molecule has 21 heavy (non-hydrogen) atoms. The molecule has 2 aromatic rings. The van der Waals surface area contributed by atoms with E-state index in [9.17, 15) is 0 Å². The Bertz CT molecular complexity index is 570. The van der Waals surface area contributed by atoms with Gasteiger partial charge in [0.15, 0.2) is 0 Å². The number of hydrogen-bond acceptors (Lipinski definition) is 2. The summed E-state index contributed by atoms with van der Waals surface area (Å²) in [5.41, 5.74) is 4.25. The van der Waals surface area contributed by atoms with Crippen molar-refractivity contribution in [3.8, 4) is 0 Å². The van der Waals surface area contributed by atoms with Gasteiger partial charge in [0.2, 0.25) is 0 Å². The first kappa shape index (κ1) is 16.1. The largest absolute Gasteiger partial charge is 0.308 e. The number of aryl methyl sites for hydroxylation is 1. The molecule has 0 fully saturated rings. The summed E-state index contributed by atoms with van der Waals surface area (Å²) in [5, 5.41) is 3.54. The van der Waals surface area contributed by atoms with Crippen LogP contribution in [0.1, 0.15) is 37.5 Å². The molecule has 0 saturated carbocycles. The van der Waals surface area contributed by atoms with E-state index >= 15 is 0 Å². The standard InChI is InChI=1S/C19H25NS/c1-15-12-17(13-20-19(2,3)4)10-11-18(15)21-14-16-8-6-5-7-9-16/h5-12,20H,13-14H2,1-4H3. The predicted molar refractivity (Wildman–Crippen MR) is 93.8 cm³/mol. The highest BCUT2D eigenvalue weighted by Gasteiger charge is 2.09. The molecule has 0 aliphatic carbocycles. The molecule has 2 heteroatoms. The molecule has 0 aliphatic rings. The minimum Gasteiger partial charge on any atom is -0.308 e. The zero-order valence-electron chi connectivity index (χ0n) is 13.4. The van der Waals surface area contributed by atoms with Gasteiger partial charge in [-0.2, -0.15) is 0 Å². The number of nitrogens with one attached hydrogen (secondary N) is 1. The van der Waals surface area contributed by atoms with Crippen molar-refractivity contribution in [1.29, 1.82) is 0 Å². The van der Waals surface area contributed by atoms with Gasteiger partial charge < -0.3 is 5.32 Å². The lowest BCUT2D eigenvalue weighted by atomic mass is 10.1. The van der Waals surface area contributed by atoms with Crippen LogP contribution in [0.2, 0.25) is 0 Å². The Morgan fingerprint density at radius 1 is 0.952 bits per heavy atom. The number of rotatable bonds is 5. The van der Waals surface area contributed by atoms with Crippen LogP contribution in [0.5, 0.6) is 0 Å². The van der Waals surface area contributed by atoms with E-state index < -0.39 is 0 Å². The van der Waals surface area contributed by atoms with Crippen LogP contribution in [0.3, 0.4) is 0 Å². The first-order chi connectivity index (χ1) is 9.94. The summed E-state index contributed by atoms with van der Waals surface area (Å²) < 4.78 is 0. The molecule has 0 saturated heterocycles. The van der Waals surface area contributed by atoms with Gasteiger partial charge in [-0.25, -0.2) is 0 Å². The van der Waals surface area contributed by atoms with Crippen LogP contribution in [0.15, 0.2) is 53.4 Å². The van der Waals surface area contributed by atoms with Gasteiger partial charge in [0.25, 0.3) is 0 Å². The van der Waals surface area contributed by atoms with E-state index in [1.807, 2.05) is 11.8 Å². The summed E-state index contributed by atoms with van der Waals surface area (Å²) in [6.07, 6.45) is 0. The van der Waals surface area contributed by atoms with Crippen LogP contribution in [-0.4, -0.2) is 5.54 Å². The van der Waals surface area contributed by atoms with Crippen LogP contribution < -0.4 is 5.32 Å². The van der Waals surface area contributed by atoms with Crippen molar-refractivity contribution >= 4 is 11.8 Å². The summed E-state index contributed by atoms with van der Waals surface area (Å²) in [4.78, 5) is 1.37. The molecule has 2 aromatic carbocycles. The summed E-state index contributed by atoms with van der Waals surface area (Å²) in [6, 6.07) is 17.4. The van der Waals surface area contributed by atoms with E-state index in [0.29, 0.717) is 0 Å². The first-order valence-electron chi connectivity index (χ1n) is 7.45. The Hall–Kier alpha value is -1.25. The lowest BCUT2D eigenvalue weighted by Gasteiger charge is -2.21. The second kappa shape index (κ2) is 7.15. The summed E-state index contributed by atoms with van der Waals surface area (Å²) in [7, 11) is 0. The molecule has 112 valence electrons. The molecular weight excluding hydrogens is 274 g/mol. The normalized spacial score (nSPS) is 11.6. The van der Waals surface area contributed by atoms with Crippen molar-refractivity contribution < 1.29 is 0 Å². The van der Waals surface area contributed by atoms with Crippen molar-refractivity contribution in [2.45, 2.75) is 50.4 Å². The SMILES string of the molecule is Cc1cc(CNC(C)(C)C)ccc1SCc1ccccc1. The smallest absolute Gasteiger partial charge is 0.0232 e. The third kappa shape index (κ3) is 5.56. The van der Waals surface area contributed by atoms with Crippen molar-refractivity contribution in [3.05, 3.63) is 65.2 Å². The number of hydrogen-bond donors (Lipinski definition) is 1. The van der Waals surface area contributed by atoms with Crippen LogP contribution in [-0.2, 0) is 12.3 Å². The Labute approximate surface area is 133 Å². The first-order valence-corrected chi connectivity index (χ1v) is 8.44. The van der Waals surface area contributed by atoms with Gasteiger partial charge in [0, 0.05) is 22.7 Å². The van der Waals surface area contributed by atoms with Gasteiger partial charge in [-0.1, -0.05) is 42.5 Å². The van der Waals surface area contributed by atoms with Crippen LogP contribution >= 0.6 is 11.8 Å². The van der Waals surface area contributed by atoms with E-state index in [0.717, 1.165) is 12.3 Å². The van der Waals surface area contributed by atoms with Crippen LogP contribution in [0, 0.1) is 6.92 Å². The minimum atomic E-state index is 0.161. The van der Waals surface area contributed by atoms with Crippen molar-refractivity contribution in [1.82, 2.24) is 5.32 Å². The zero-order valence-corrected chi connectivity index (χ0v) is 14.3. The second-order valence-corrected chi connectivity index (χ2v) is 7.49. The Morgan fingerprint density at radius 3 is 2.29 bits per heavy atom. The third-order valence-electron chi connectivity index (χ3n) is 3.30. The monoisotopic (exact) mass is 299 g/mol. The molecule has 0 heterocycles. The molecule has 0 aliphatic heterocycles. The average Bonchev–Trinajstić information content (AvgIpc) is 2.44. The summed E-state index contributed by atoms with van der Waals surface area (Å²) >= 11 is 1.91. The van der Waals surface area contributed by atoms with E-state index in [1.54, 1.807) is 0 Å². The highest BCUT2D eigenvalue weighted by atomic mass is 32.2. The van der Waals surface area contributed by atoms with Gasteiger partial charge in [-0.15, -0.1) is 11.8 Å². The van der Waals surface area contributed by atoms with Crippen molar-refractivity contribution in [3.63, 3.8) is 0 Å². The van der Waals surface area contributed by atoms with E-state index in [2.05, 4.69) is 81.5 Å². The van der Waals surface area contributed by atoms with Gasteiger partial charge in [0.1, 0.15) is 0 Å². The van der Waals surface area contributed by atoms with Crippen LogP contribution in [0.25, 0.3) is 0 Å². The molecular formula is C19H25NS. The lowest BCUT2D eigenvalue weighted by molar-refractivity contribution is 0.424. The highest BCUT2D eigenvalue weighted by molar-refractivity contribution is 7.98. The molecule has 0 unspecified atom stereocenters. The average molecular weight is 299 g/mol. The van der Waals surface area contributed by atoms with E-state index in [4.69, 9.17) is 0 Å². The molecule has 1 N–H and O–H groups in total. The van der Waals surface area contributed by atoms with Crippen molar-refractivity contribution in [2.24, 2.45) is 0 Å². The van der Waals surface area contributed by atoms with Crippen molar-refractivity contribution in [2.75, 3.05) is 0 Å². The van der Waals surface area contributed by atoms with Gasteiger partial charge in [-0.05, 0) is 50.5 Å². The topological polar surface area (TPSA) is 12.0 Å². The number of benzene rings is 2. The summed E-state index contributed by atoms with van der Waals surface area (Å²) in [6.45, 7) is 9.72. The minimum absolute atomic E-state index is 0.161. The maximum absolute atomic E-state index is 3.54. The number of thioether (sulfide) groups is 1. The fraction of sp³-hybridized carbons (Fsp3) is 0.368. The molecule has 2 rings (SSSR count). The maximum Gasteiger partial charge on any atom is 0.0232 e. The van der Waals surface area contributed by atoms with Crippen LogP contribution in [0.4, 0.5) is 0 Å². The molecule has 0 atom stereocenters. The van der Waals surface area contributed by atoms with Gasteiger partial charge in [-0.3, -0.25) is 0 Å². The molecule has 0 radical (unpaired) electrons. The van der Waals surface area contributed by atoms with Gasteiger partial charge >= 0.3 is 0 Å². The lowest BCUT2D eigenvalue weighted by Crippen LogP contribution is -2.35. The second-order valence-electron chi connectivity index (χ2n) is 6.48. The predicted octanol–water partition coefficient (Wildman–Crippen LogP) is 5.18. The van der Waals surface area contributed by atoms with Gasteiger partial charge in [0.05, 0.1) is 0 Å². The third-order valence-corrected chi connectivity index (χ3v) is 4.55. The maximum atomic E-state index is 3.54. The molecule has 0 amide bonds. The fourth-order valence-electron chi connectivity index (χ4n) is 2.09. The zero-order chi connectivity index (χ0) is 15.3. The summed E-state index contributed by atoms with van der Waals surface area (Å²) in [5.74, 6) is 1.03. The molecule has 1 nitrogen and oxygen atoms in total. The molecule has 0 spiro atoms. The Balaban J connectivity index is 1.96. The Kier molecular flexibility index (Phi) is 5.49. The Morgan fingerprint density at radius 2 is 1.67 bits per heavy atom. The highest BCUT2D eigenvalue weighted by Crippen LogP contribution is 2.26. The molecule has 0 aromatic heterocycles. The quantitative estimate of drug-likeness (QED) is 0.764. The van der Waals surface area contributed by atoms with E-state index in [1.165, 1.54) is 21.6 Å². The molecule has 0 bridgehead atoms.